The lowest BCUT2D eigenvalue weighted by molar-refractivity contribution is 0.229. The molecule has 0 aromatic carbocycles. The van der Waals surface area contributed by atoms with Gasteiger partial charge in [-0.05, 0) is 18.8 Å². The van der Waals surface area contributed by atoms with E-state index in [1.54, 1.807) is 0 Å². The maximum absolute atomic E-state index is 9.00. The molecule has 20 heavy (non-hydrogen) atoms. The molecule has 1 rings (SSSR count). The Morgan fingerprint density at radius 1 is 1.25 bits per heavy atom. The van der Waals surface area contributed by atoms with Crippen LogP contribution >= 0.6 is 0 Å². The topological polar surface area (TPSA) is 70.1 Å². The van der Waals surface area contributed by atoms with Crippen LogP contribution in [0.3, 0.4) is 0 Å². The van der Waals surface area contributed by atoms with Crippen molar-refractivity contribution in [3.63, 3.8) is 0 Å². The normalized spacial score (nSPS) is 13.1. The standard InChI is InChI=1S/C15H28N4O/c1-11(10-20)7-6-8-17-13-9-12(16-5)18-14(19-13)15(2,3)4/h9,11,20H,6-8,10H2,1-5H3,(H2,16,17,18,19). The minimum Gasteiger partial charge on any atom is -0.396 e. The highest BCUT2D eigenvalue weighted by Gasteiger charge is 2.18. The average molecular weight is 280 g/mol. The van der Waals surface area contributed by atoms with E-state index in [2.05, 4.69) is 48.3 Å². The van der Waals surface area contributed by atoms with Gasteiger partial charge >= 0.3 is 0 Å². The summed E-state index contributed by atoms with van der Waals surface area (Å²) in [6.07, 6.45) is 2.03. The first-order valence-corrected chi connectivity index (χ1v) is 7.29. The van der Waals surface area contributed by atoms with E-state index >= 15 is 0 Å². The summed E-state index contributed by atoms with van der Waals surface area (Å²) in [5, 5.41) is 15.4. The van der Waals surface area contributed by atoms with E-state index in [0.29, 0.717) is 5.92 Å². The molecule has 0 saturated heterocycles. The Labute approximate surface area is 122 Å². The van der Waals surface area contributed by atoms with E-state index < -0.39 is 0 Å². The van der Waals surface area contributed by atoms with Crippen LogP contribution in [-0.4, -0.2) is 35.3 Å². The zero-order chi connectivity index (χ0) is 15.2. The highest BCUT2D eigenvalue weighted by molar-refractivity contribution is 5.47. The van der Waals surface area contributed by atoms with Gasteiger partial charge in [0.1, 0.15) is 17.5 Å². The lowest BCUT2D eigenvalue weighted by Gasteiger charge is -2.19. The van der Waals surface area contributed by atoms with Gasteiger partial charge in [-0.15, -0.1) is 0 Å². The summed E-state index contributed by atoms with van der Waals surface area (Å²) in [5.74, 6) is 2.87. The fourth-order valence-electron chi connectivity index (χ4n) is 1.76. The molecule has 1 unspecified atom stereocenters. The number of aliphatic hydroxyl groups excluding tert-OH is 1. The third kappa shape index (κ3) is 5.33. The van der Waals surface area contributed by atoms with Crippen molar-refractivity contribution in [2.75, 3.05) is 30.8 Å². The molecule has 0 radical (unpaired) electrons. The van der Waals surface area contributed by atoms with Crippen LogP contribution in [-0.2, 0) is 5.41 Å². The fourth-order valence-corrected chi connectivity index (χ4v) is 1.76. The third-order valence-corrected chi connectivity index (χ3v) is 3.14. The minimum absolute atomic E-state index is 0.0747. The molecular weight excluding hydrogens is 252 g/mol. The predicted molar refractivity (Wildman–Crippen MR) is 84.3 cm³/mol. The molecule has 3 N–H and O–H groups in total. The van der Waals surface area contributed by atoms with Crippen molar-refractivity contribution in [2.45, 2.75) is 46.0 Å². The molecule has 0 bridgehead atoms. The van der Waals surface area contributed by atoms with Crippen LogP contribution in [0.15, 0.2) is 6.07 Å². The molecule has 0 saturated carbocycles. The van der Waals surface area contributed by atoms with Gasteiger partial charge in [0, 0.05) is 31.7 Å². The number of hydrogen-bond donors (Lipinski definition) is 3. The lowest BCUT2D eigenvalue weighted by Crippen LogP contribution is -2.18. The summed E-state index contributed by atoms with van der Waals surface area (Å²) >= 11 is 0. The summed E-state index contributed by atoms with van der Waals surface area (Å²) in [6, 6.07) is 1.92. The molecule has 1 atom stereocenters. The number of rotatable bonds is 7. The van der Waals surface area contributed by atoms with Gasteiger partial charge < -0.3 is 15.7 Å². The van der Waals surface area contributed by atoms with Crippen molar-refractivity contribution < 1.29 is 5.11 Å². The van der Waals surface area contributed by atoms with Gasteiger partial charge in [-0.25, -0.2) is 9.97 Å². The monoisotopic (exact) mass is 280 g/mol. The summed E-state index contributed by atoms with van der Waals surface area (Å²) in [7, 11) is 1.86. The molecule has 1 aromatic rings. The number of aromatic nitrogens is 2. The minimum atomic E-state index is -0.0747. The second-order valence-electron chi connectivity index (χ2n) is 6.32. The first-order chi connectivity index (χ1) is 9.36. The van der Waals surface area contributed by atoms with Gasteiger partial charge in [-0.2, -0.15) is 0 Å². The smallest absolute Gasteiger partial charge is 0.138 e. The van der Waals surface area contributed by atoms with Crippen LogP contribution in [0.1, 0.15) is 46.4 Å². The lowest BCUT2D eigenvalue weighted by atomic mass is 9.96. The SMILES string of the molecule is CNc1cc(NCCCC(C)CO)nc(C(C)(C)C)n1. The van der Waals surface area contributed by atoms with Gasteiger partial charge in [0.25, 0.3) is 0 Å². The molecule has 0 aliphatic rings. The predicted octanol–water partition coefficient (Wildman–Crippen LogP) is 2.64. The molecule has 0 amide bonds. The molecular formula is C15H28N4O. The molecule has 5 heteroatoms. The Kier molecular flexibility index (Phi) is 6.20. The Morgan fingerprint density at radius 2 is 1.90 bits per heavy atom. The Hall–Kier alpha value is -1.36. The molecule has 0 spiro atoms. The second kappa shape index (κ2) is 7.43. The highest BCUT2D eigenvalue weighted by Crippen LogP contribution is 2.22. The molecule has 1 heterocycles. The average Bonchev–Trinajstić information content (AvgIpc) is 2.41. The Morgan fingerprint density at radius 3 is 2.45 bits per heavy atom. The van der Waals surface area contributed by atoms with Crippen molar-refractivity contribution in [2.24, 2.45) is 5.92 Å². The van der Waals surface area contributed by atoms with Gasteiger partial charge in [0.2, 0.25) is 0 Å². The number of aliphatic hydroxyl groups is 1. The molecule has 0 aliphatic heterocycles. The van der Waals surface area contributed by atoms with Gasteiger partial charge in [0.15, 0.2) is 0 Å². The van der Waals surface area contributed by atoms with Crippen molar-refractivity contribution >= 4 is 11.6 Å². The van der Waals surface area contributed by atoms with Crippen LogP contribution in [0.5, 0.6) is 0 Å². The number of nitrogens with zero attached hydrogens (tertiary/aromatic N) is 2. The summed E-state index contributed by atoms with van der Waals surface area (Å²) in [5.41, 5.74) is -0.0747. The number of hydrogen-bond acceptors (Lipinski definition) is 5. The van der Waals surface area contributed by atoms with Crippen LogP contribution in [0, 0.1) is 5.92 Å². The quantitative estimate of drug-likeness (QED) is 0.670. The third-order valence-electron chi connectivity index (χ3n) is 3.14. The van der Waals surface area contributed by atoms with E-state index in [9.17, 15) is 0 Å². The maximum atomic E-state index is 9.00. The van der Waals surface area contributed by atoms with Gasteiger partial charge in [-0.1, -0.05) is 27.7 Å². The van der Waals surface area contributed by atoms with Crippen molar-refractivity contribution in [3.8, 4) is 0 Å². The molecule has 0 aliphatic carbocycles. The van der Waals surface area contributed by atoms with Crippen LogP contribution in [0.25, 0.3) is 0 Å². The second-order valence-corrected chi connectivity index (χ2v) is 6.32. The van der Waals surface area contributed by atoms with Crippen molar-refractivity contribution in [1.82, 2.24) is 9.97 Å². The molecule has 0 fully saturated rings. The number of nitrogens with one attached hydrogen (secondary N) is 2. The number of anilines is 2. The van der Waals surface area contributed by atoms with Crippen molar-refractivity contribution in [3.05, 3.63) is 11.9 Å². The van der Waals surface area contributed by atoms with E-state index in [1.807, 2.05) is 13.1 Å². The van der Waals surface area contributed by atoms with Crippen LogP contribution in [0.2, 0.25) is 0 Å². The fraction of sp³-hybridized carbons (Fsp3) is 0.733. The summed E-state index contributed by atoms with van der Waals surface area (Å²) in [4.78, 5) is 9.08. The van der Waals surface area contributed by atoms with Gasteiger partial charge in [0.05, 0.1) is 0 Å². The van der Waals surface area contributed by atoms with Crippen LogP contribution in [0.4, 0.5) is 11.6 Å². The Bertz CT molecular complexity index is 415. The zero-order valence-electron chi connectivity index (χ0n) is 13.3. The zero-order valence-corrected chi connectivity index (χ0v) is 13.3. The summed E-state index contributed by atoms with van der Waals surface area (Å²) < 4.78 is 0. The van der Waals surface area contributed by atoms with Crippen molar-refractivity contribution in [1.29, 1.82) is 0 Å². The van der Waals surface area contributed by atoms with Crippen LogP contribution < -0.4 is 10.6 Å². The van der Waals surface area contributed by atoms with E-state index in [0.717, 1.165) is 36.8 Å². The first kappa shape index (κ1) is 16.7. The van der Waals surface area contributed by atoms with E-state index in [1.165, 1.54) is 0 Å². The Balaban J connectivity index is 2.65. The molecule has 1 aromatic heterocycles. The van der Waals surface area contributed by atoms with Gasteiger partial charge in [-0.3, -0.25) is 0 Å². The summed E-state index contributed by atoms with van der Waals surface area (Å²) in [6.45, 7) is 9.48. The largest absolute Gasteiger partial charge is 0.396 e. The highest BCUT2D eigenvalue weighted by atomic mass is 16.3. The first-order valence-electron chi connectivity index (χ1n) is 7.29. The molecule has 5 nitrogen and oxygen atoms in total. The maximum Gasteiger partial charge on any atom is 0.138 e. The van der Waals surface area contributed by atoms with E-state index in [-0.39, 0.29) is 12.0 Å². The molecule has 114 valence electrons. The van der Waals surface area contributed by atoms with E-state index in [4.69, 9.17) is 5.11 Å².